The van der Waals surface area contributed by atoms with Gasteiger partial charge in [0.1, 0.15) is 6.54 Å². The van der Waals surface area contributed by atoms with Gasteiger partial charge >= 0.3 is 11.9 Å². The van der Waals surface area contributed by atoms with Gasteiger partial charge in [-0.15, -0.1) is 0 Å². The van der Waals surface area contributed by atoms with Crippen LogP contribution in [-0.4, -0.2) is 66.9 Å². The Morgan fingerprint density at radius 3 is 2.40 bits per heavy atom. The summed E-state index contributed by atoms with van der Waals surface area (Å²) >= 11 is 0. The number of nitrogens with zero attached hydrogens (tertiary/aromatic N) is 2. The Morgan fingerprint density at radius 2 is 1.95 bits per heavy atom. The molecule has 0 aliphatic heterocycles. The van der Waals surface area contributed by atoms with Gasteiger partial charge in [0.25, 0.3) is 10.2 Å². The zero-order valence-corrected chi connectivity index (χ0v) is 12.4. The van der Waals surface area contributed by atoms with Crippen LogP contribution in [0.3, 0.4) is 0 Å². The minimum absolute atomic E-state index is 0.135. The molecule has 1 N–H and O–H groups in total. The van der Waals surface area contributed by atoms with E-state index in [2.05, 4.69) is 0 Å². The summed E-state index contributed by atoms with van der Waals surface area (Å²) in [4.78, 5) is 22.0. The molecule has 0 atom stereocenters. The van der Waals surface area contributed by atoms with Crippen molar-refractivity contribution in [1.82, 2.24) is 8.61 Å². The van der Waals surface area contributed by atoms with E-state index in [9.17, 15) is 18.0 Å². The van der Waals surface area contributed by atoms with E-state index in [1.165, 1.54) is 7.05 Å². The van der Waals surface area contributed by atoms with Crippen LogP contribution < -0.4 is 0 Å². The van der Waals surface area contributed by atoms with Crippen molar-refractivity contribution in [1.29, 1.82) is 0 Å². The van der Waals surface area contributed by atoms with Crippen LogP contribution >= 0.6 is 0 Å². The van der Waals surface area contributed by atoms with Gasteiger partial charge in [0.15, 0.2) is 0 Å². The number of aliphatic carboxylic acids is 1. The first kappa shape index (κ1) is 16.9. The standard InChI is InChI=1S/C11H20N2O6S/c1-3-19-11(16)8-13(9-4-5-9)20(17,18)12(2)7-6-10(14)15/h9H,3-8H2,1-2H3,(H,14,15). The molecule has 20 heavy (non-hydrogen) atoms. The Hall–Kier alpha value is -1.19. The fraction of sp³-hybridized carbons (Fsp3) is 0.818. The molecular weight excluding hydrogens is 288 g/mol. The van der Waals surface area contributed by atoms with Gasteiger partial charge in [-0.2, -0.15) is 17.0 Å². The van der Waals surface area contributed by atoms with Gasteiger partial charge in [0, 0.05) is 19.6 Å². The predicted molar refractivity (Wildman–Crippen MR) is 70.2 cm³/mol. The molecule has 0 radical (unpaired) electrons. The van der Waals surface area contributed by atoms with Gasteiger partial charge in [-0.05, 0) is 19.8 Å². The fourth-order valence-electron chi connectivity index (χ4n) is 1.64. The number of hydrogen-bond donors (Lipinski definition) is 1. The molecular formula is C11H20N2O6S. The number of ether oxygens (including phenoxy) is 1. The largest absolute Gasteiger partial charge is 0.481 e. The molecule has 0 heterocycles. The predicted octanol–water partition coefficient (Wildman–Crippen LogP) is -0.335. The molecule has 0 aromatic rings. The Balaban J connectivity index is 2.73. The van der Waals surface area contributed by atoms with Crippen LogP contribution in [0.15, 0.2) is 0 Å². The number of esters is 1. The van der Waals surface area contributed by atoms with Crippen LogP contribution in [0.4, 0.5) is 0 Å². The minimum atomic E-state index is -3.84. The number of rotatable bonds is 9. The summed E-state index contributed by atoms with van der Waals surface area (Å²) in [5.74, 6) is -1.68. The number of hydrogen-bond acceptors (Lipinski definition) is 5. The van der Waals surface area contributed by atoms with Crippen LogP contribution in [0.25, 0.3) is 0 Å². The van der Waals surface area contributed by atoms with Crippen molar-refractivity contribution >= 4 is 22.1 Å². The first-order chi connectivity index (χ1) is 9.28. The molecule has 116 valence electrons. The lowest BCUT2D eigenvalue weighted by atomic mass is 10.4. The number of carbonyl (C=O) groups excluding carboxylic acids is 1. The molecule has 0 aromatic heterocycles. The molecule has 0 saturated heterocycles. The summed E-state index contributed by atoms with van der Waals surface area (Å²) in [5.41, 5.74) is 0. The van der Waals surface area contributed by atoms with Gasteiger partial charge in [0.05, 0.1) is 13.0 Å². The molecule has 1 aliphatic carbocycles. The van der Waals surface area contributed by atoms with Gasteiger partial charge in [-0.1, -0.05) is 0 Å². The SMILES string of the molecule is CCOC(=O)CN(C1CC1)S(=O)(=O)N(C)CCC(=O)O. The van der Waals surface area contributed by atoms with Crippen LogP contribution in [0.1, 0.15) is 26.2 Å². The highest BCUT2D eigenvalue weighted by atomic mass is 32.2. The summed E-state index contributed by atoms with van der Waals surface area (Å²) in [6.45, 7) is 1.36. The van der Waals surface area contributed by atoms with Gasteiger partial charge in [0.2, 0.25) is 0 Å². The molecule has 1 rings (SSSR count). The van der Waals surface area contributed by atoms with Gasteiger partial charge in [-0.25, -0.2) is 0 Å². The smallest absolute Gasteiger partial charge is 0.321 e. The average Bonchev–Trinajstić information content (AvgIpc) is 3.17. The molecule has 1 aliphatic rings. The van der Waals surface area contributed by atoms with Crippen LogP contribution in [0, 0.1) is 0 Å². The molecule has 0 spiro atoms. The topological polar surface area (TPSA) is 104 Å². The Kier molecular flexibility index (Phi) is 5.90. The summed E-state index contributed by atoms with van der Waals surface area (Å²) in [6.07, 6.45) is 1.12. The zero-order chi connectivity index (χ0) is 15.3. The van der Waals surface area contributed by atoms with E-state index in [1.54, 1.807) is 6.92 Å². The number of carboxylic acids is 1. The summed E-state index contributed by atoms with van der Waals surface area (Å²) in [6, 6.07) is -0.198. The van der Waals surface area contributed by atoms with E-state index in [4.69, 9.17) is 9.84 Å². The highest BCUT2D eigenvalue weighted by Gasteiger charge is 2.40. The minimum Gasteiger partial charge on any atom is -0.481 e. The molecule has 0 aromatic carbocycles. The van der Waals surface area contributed by atoms with Crippen molar-refractivity contribution in [2.45, 2.75) is 32.2 Å². The lowest BCUT2D eigenvalue weighted by Gasteiger charge is -2.26. The first-order valence-electron chi connectivity index (χ1n) is 6.39. The maximum absolute atomic E-state index is 12.3. The van der Waals surface area contributed by atoms with E-state index in [0.717, 1.165) is 8.61 Å². The molecule has 8 nitrogen and oxygen atoms in total. The summed E-state index contributed by atoms with van der Waals surface area (Å²) < 4.78 is 31.4. The second-order valence-electron chi connectivity index (χ2n) is 4.55. The molecule has 0 amide bonds. The van der Waals surface area contributed by atoms with Crippen LogP contribution in [-0.2, 0) is 24.5 Å². The van der Waals surface area contributed by atoms with Crippen LogP contribution in [0.5, 0.6) is 0 Å². The normalized spacial score (nSPS) is 15.6. The second-order valence-corrected chi connectivity index (χ2v) is 6.54. The Bertz CT molecular complexity index is 460. The van der Waals surface area contributed by atoms with E-state index in [1.807, 2.05) is 0 Å². The van der Waals surface area contributed by atoms with E-state index in [0.29, 0.717) is 12.8 Å². The van der Waals surface area contributed by atoms with Gasteiger partial charge in [-0.3, -0.25) is 9.59 Å². The summed E-state index contributed by atoms with van der Waals surface area (Å²) in [7, 11) is -2.54. The van der Waals surface area contributed by atoms with Crippen molar-refractivity contribution in [3.05, 3.63) is 0 Å². The molecule has 0 bridgehead atoms. The maximum Gasteiger partial charge on any atom is 0.321 e. The van der Waals surface area contributed by atoms with Crippen molar-refractivity contribution in [2.75, 3.05) is 26.7 Å². The first-order valence-corrected chi connectivity index (χ1v) is 7.79. The quantitative estimate of drug-likeness (QED) is 0.585. The molecule has 9 heteroatoms. The number of carboxylic acid groups (broad SMARTS) is 1. The third-order valence-corrected chi connectivity index (χ3v) is 4.87. The zero-order valence-electron chi connectivity index (χ0n) is 11.6. The monoisotopic (exact) mass is 308 g/mol. The maximum atomic E-state index is 12.3. The Morgan fingerprint density at radius 1 is 1.35 bits per heavy atom. The Labute approximate surface area is 118 Å². The lowest BCUT2D eigenvalue weighted by molar-refractivity contribution is -0.143. The van der Waals surface area contributed by atoms with Crippen LogP contribution in [0.2, 0.25) is 0 Å². The van der Waals surface area contributed by atoms with Crippen molar-refractivity contribution < 1.29 is 27.9 Å². The third-order valence-electron chi connectivity index (χ3n) is 2.88. The molecule has 1 fully saturated rings. The van der Waals surface area contributed by atoms with Gasteiger partial charge < -0.3 is 9.84 Å². The van der Waals surface area contributed by atoms with Crippen molar-refractivity contribution in [2.24, 2.45) is 0 Å². The lowest BCUT2D eigenvalue weighted by Crippen LogP contribution is -2.46. The average molecular weight is 308 g/mol. The van der Waals surface area contributed by atoms with Crippen molar-refractivity contribution in [3.63, 3.8) is 0 Å². The molecule has 1 saturated carbocycles. The van der Waals surface area contributed by atoms with Crippen molar-refractivity contribution in [3.8, 4) is 0 Å². The highest BCUT2D eigenvalue weighted by molar-refractivity contribution is 7.86. The van der Waals surface area contributed by atoms with E-state index < -0.39 is 22.1 Å². The van der Waals surface area contributed by atoms with E-state index in [-0.39, 0.29) is 32.2 Å². The molecule has 0 unspecified atom stereocenters. The third kappa shape index (κ3) is 4.73. The summed E-state index contributed by atoms with van der Waals surface area (Å²) in [5, 5.41) is 8.59. The number of carbonyl (C=O) groups is 2. The van der Waals surface area contributed by atoms with E-state index >= 15 is 0 Å². The second kappa shape index (κ2) is 7.00. The fourth-order valence-corrected chi connectivity index (χ4v) is 3.18. The highest BCUT2D eigenvalue weighted by Crippen LogP contribution is 2.30.